The summed E-state index contributed by atoms with van der Waals surface area (Å²) in [7, 11) is 4.35. The Morgan fingerprint density at radius 3 is 2.46 bits per heavy atom. The van der Waals surface area contributed by atoms with Crippen molar-refractivity contribution in [2.75, 3.05) is 27.9 Å². The van der Waals surface area contributed by atoms with Crippen LogP contribution in [0.5, 0.6) is 11.5 Å². The van der Waals surface area contributed by atoms with Crippen molar-refractivity contribution in [3.63, 3.8) is 0 Å². The molecule has 128 valence electrons. The van der Waals surface area contributed by atoms with Crippen LogP contribution in [-0.2, 0) is 14.3 Å². The van der Waals surface area contributed by atoms with E-state index in [1.165, 1.54) is 14.2 Å². The first-order chi connectivity index (χ1) is 11.4. The van der Waals surface area contributed by atoms with Crippen molar-refractivity contribution < 1.29 is 23.8 Å². The van der Waals surface area contributed by atoms with Gasteiger partial charge in [0.1, 0.15) is 12.2 Å². The number of hydrogen-bond acceptors (Lipinski definition) is 6. The predicted octanol–water partition coefficient (Wildman–Crippen LogP) is 1.24. The zero-order valence-electron chi connectivity index (χ0n) is 13.8. The summed E-state index contributed by atoms with van der Waals surface area (Å²) in [5, 5.41) is 2.98. The summed E-state index contributed by atoms with van der Waals surface area (Å²) in [6.07, 6.45) is 1.66. The fourth-order valence-corrected chi connectivity index (χ4v) is 2.47. The number of aryl methyl sites for hydroxylation is 1. The van der Waals surface area contributed by atoms with E-state index in [0.29, 0.717) is 11.5 Å². The SMILES string of the molecule is COC(=O)CN1C(=O)/C(=C/c2cc(OC)c(OC)cc2C)NC1=S. The molecule has 1 N–H and O–H groups in total. The highest BCUT2D eigenvalue weighted by molar-refractivity contribution is 7.80. The highest BCUT2D eigenvalue weighted by Gasteiger charge is 2.32. The lowest BCUT2D eigenvalue weighted by atomic mass is 10.1. The number of rotatable bonds is 5. The van der Waals surface area contributed by atoms with Gasteiger partial charge in [0.05, 0.1) is 21.3 Å². The van der Waals surface area contributed by atoms with Gasteiger partial charge in [-0.3, -0.25) is 14.5 Å². The topological polar surface area (TPSA) is 77.1 Å². The molecule has 1 fully saturated rings. The summed E-state index contributed by atoms with van der Waals surface area (Å²) >= 11 is 5.10. The van der Waals surface area contributed by atoms with Crippen molar-refractivity contribution in [2.24, 2.45) is 0 Å². The number of esters is 1. The molecule has 0 aliphatic carbocycles. The number of carbonyl (C=O) groups excluding carboxylic acids is 2. The fourth-order valence-electron chi connectivity index (χ4n) is 2.22. The molecular formula is C16H18N2O5S. The maximum atomic E-state index is 12.4. The van der Waals surface area contributed by atoms with E-state index in [0.717, 1.165) is 16.0 Å². The van der Waals surface area contributed by atoms with E-state index >= 15 is 0 Å². The van der Waals surface area contributed by atoms with Crippen LogP contribution >= 0.6 is 12.2 Å². The van der Waals surface area contributed by atoms with Crippen molar-refractivity contribution in [1.29, 1.82) is 0 Å². The second kappa shape index (κ2) is 7.31. The quantitative estimate of drug-likeness (QED) is 0.486. The third kappa shape index (κ3) is 3.48. The lowest BCUT2D eigenvalue weighted by Gasteiger charge is -2.11. The van der Waals surface area contributed by atoms with Gasteiger partial charge in [-0.25, -0.2) is 0 Å². The molecule has 1 aliphatic heterocycles. The Morgan fingerprint density at radius 2 is 1.88 bits per heavy atom. The molecule has 8 heteroatoms. The average molecular weight is 350 g/mol. The first-order valence-corrected chi connectivity index (χ1v) is 7.46. The molecule has 1 amide bonds. The summed E-state index contributed by atoms with van der Waals surface area (Å²) < 4.78 is 15.1. The van der Waals surface area contributed by atoms with Crippen LogP contribution in [0.25, 0.3) is 6.08 Å². The van der Waals surface area contributed by atoms with Crippen LogP contribution in [0.15, 0.2) is 17.8 Å². The zero-order valence-corrected chi connectivity index (χ0v) is 14.7. The van der Waals surface area contributed by atoms with Gasteiger partial charge in [-0.2, -0.15) is 0 Å². The first kappa shape index (κ1) is 17.7. The van der Waals surface area contributed by atoms with E-state index < -0.39 is 5.97 Å². The van der Waals surface area contributed by atoms with E-state index in [2.05, 4.69) is 10.1 Å². The monoisotopic (exact) mass is 350 g/mol. The fraction of sp³-hybridized carbons (Fsp3) is 0.312. The molecule has 1 saturated heterocycles. The number of methoxy groups -OCH3 is 3. The number of hydrogen-bond donors (Lipinski definition) is 1. The number of nitrogens with zero attached hydrogens (tertiary/aromatic N) is 1. The summed E-state index contributed by atoms with van der Waals surface area (Å²) in [6.45, 7) is 1.65. The normalized spacial score (nSPS) is 15.5. The Hall–Kier alpha value is -2.61. The van der Waals surface area contributed by atoms with Crippen LogP contribution < -0.4 is 14.8 Å². The molecule has 24 heavy (non-hydrogen) atoms. The summed E-state index contributed by atoms with van der Waals surface area (Å²) in [6, 6.07) is 3.58. The average Bonchev–Trinajstić information content (AvgIpc) is 2.83. The molecule has 2 rings (SSSR count). The molecular weight excluding hydrogens is 332 g/mol. The molecule has 0 saturated carbocycles. The van der Waals surface area contributed by atoms with E-state index in [9.17, 15) is 9.59 Å². The second-order valence-corrected chi connectivity index (χ2v) is 5.41. The number of thiocarbonyl (C=S) groups is 1. The summed E-state index contributed by atoms with van der Waals surface area (Å²) in [5.74, 6) is 0.218. The van der Waals surface area contributed by atoms with Crippen LogP contribution in [0, 0.1) is 6.92 Å². The molecule has 0 radical (unpaired) electrons. The van der Waals surface area contributed by atoms with E-state index in [1.54, 1.807) is 19.3 Å². The number of benzene rings is 1. The van der Waals surface area contributed by atoms with Gasteiger partial charge in [-0.05, 0) is 48.5 Å². The lowest BCUT2D eigenvalue weighted by molar-refractivity contribution is -0.143. The van der Waals surface area contributed by atoms with Gasteiger partial charge in [0.15, 0.2) is 16.6 Å². The molecule has 1 aromatic rings. The molecule has 0 unspecified atom stereocenters. The number of nitrogens with one attached hydrogen (secondary N) is 1. The van der Waals surface area contributed by atoms with Crippen molar-refractivity contribution in [2.45, 2.75) is 6.92 Å². The highest BCUT2D eigenvalue weighted by Crippen LogP contribution is 2.31. The van der Waals surface area contributed by atoms with Crippen molar-refractivity contribution in [3.8, 4) is 11.5 Å². The zero-order chi connectivity index (χ0) is 17.9. The molecule has 1 aliphatic rings. The molecule has 1 heterocycles. The standard InChI is InChI=1S/C16H18N2O5S/c1-9-5-12(21-2)13(22-3)7-10(9)6-11-15(20)18(16(24)17-11)8-14(19)23-4/h5-7H,8H2,1-4H3,(H,17,24)/b11-6-. The smallest absolute Gasteiger partial charge is 0.325 e. The van der Waals surface area contributed by atoms with Crippen LogP contribution in [0.2, 0.25) is 0 Å². The number of carbonyl (C=O) groups is 2. The molecule has 7 nitrogen and oxygen atoms in total. The van der Waals surface area contributed by atoms with Gasteiger partial charge >= 0.3 is 5.97 Å². The predicted molar refractivity (Wildman–Crippen MR) is 91.7 cm³/mol. The minimum Gasteiger partial charge on any atom is -0.493 e. The number of ether oxygens (including phenoxy) is 3. The Bertz CT molecular complexity index is 729. The molecule has 1 aromatic carbocycles. The van der Waals surface area contributed by atoms with Gasteiger partial charge in [0.25, 0.3) is 5.91 Å². The first-order valence-electron chi connectivity index (χ1n) is 7.05. The molecule has 0 spiro atoms. The van der Waals surface area contributed by atoms with Gasteiger partial charge in [-0.1, -0.05) is 0 Å². The lowest BCUT2D eigenvalue weighted by Crippen LogP contribution is -2.35. The van der Waals surface area contributed by atoms with Crippen molar-refractivity contribution in [1.82, 2.24) is 10.2 Å². The second-order valence-electron chi connectivity index (χ2n) is 5.02. The number of amides is 1. The molecule has 0 aromatic heterocycles. The Kier molecular flexibility index (Phi) is 5.40. The van der Waals surface area contributed by atoms with Gasteiger partial charge in [0.2, 0.25) is 0 Å². The van der Waals surface area contributed by atoms with E-state index in [1.807, 2.05) is 13.0 Å². The van der Waals surface area contributed by atoms with Crippen molar-refractivity contribution in [3.05, 3.63) is 29.0 Å². The van der Waals surface area contributed by atoms with Crippen molar-refractivity contribution >= 4 is 35.3 Å². The third-order valence-corrected chi connectivity index (χ3v) is 3.87. The maximum absolute atomic E-state index is 12.4. The largest absolute Gasteiger partial charge is 0.493 e. The highest BCUT2D eigenvalue weighted by atomic mass is 32.1. The minimum atomic E-state index is -0.545. The van der Waals surface area contributed by atoms with E-state index in [-0.39, 0.29) is 23.3 Å². The Balaban J connectivity index is 2.34. The van der Waals surface area contributed by atoms with Crippen LogP contribution in [0.4, 0.5) is 0 Å². The summed E-state index contributed by atoms with van der Waals surface area (Å²) in [4.78, 5) is 24.9. The Labute approximate surface area is 145 Å². The maximum Gasteiger partial charge on any atom is 0.325 e. The third-order valence-electron chi connectivity index (χ3n) is 3.55. The summed E-state index contributed by atoms with van der Waals surface area (Å²) in [5.41, 5.74) is 1.94. The van der Waals surface area contributed by atoms with Gasteiger partial charge in [0, 0.05) is 0 Å². The minimum absolute atomic E-state index is 0.162. The van der Waals surface area contributed by atoms with Gasteiger partial charge < -0.3 is 19.5 Å². The van der Waals surface area contributed by atoms with Crippen LogP contribution in [-0.4, -0.2) is 49.8 Å². The Morgan fingerprint density at radius 1 is 1.25 bits per heavy atom. The van der Waals surface area contributed by atoms with Gasteiger partial charge in [-0.15, -0.1) is 0 Å². The molecule has 0 atom stereocenters. The molecule has 0 bridgehead atoms. The van der Waals surface area contributed by atoms with Crippen LogP contribution in [0.3, 0.4) is 0 Å². The van der Waals surface area contributed by atoms with E-state index in [4.69, 9.17) is 21.7 Å². The van der Waals surface area contributed by atoms with Crippen LogP contribution in [0.1, 0.15) is 11.1 Å².